The third kappa shape index (κ3) is 7.35. The molecule has 1 aliphatic rings. The number of aliphatic imine (C=N–C) groups is 1. The summed E-state index contributed by atoms with van der Waals surface area (Å²) in [6.45, 7) is 6.64. The molecular weight excluding hydrogens is 529 g/mol. The maximum absolute atomic E-state index is 6.09. The lowest BCUT2D eigenvalue weighted by Crippen LogP contribution is -2.39. The van der Waals surface area contributed by atoms with Gasteiger partial charge in [0.05, 0.1) is 13.2 Å². The molecule has 1 aliphatic heterocycles. The highest BCUT2D eigenvalue weighted by Gasteiger charge is 2.11. The molecule has 3 N–H and O–H groups in total. The van der Waals surface area contributed by atoms with Crippen molar-refractivity contribution in [3.8, 4) is 5.75 Å². The molecule has 7 nitrogen and oxygen atoms in total. The first-order valence-corrected chi connectivity index (χ1v) is 11.3. The molecule has 0 bridgehead atoms. The molecule has 1 saturated heterocycles. The third-order valence-corrected chi connectivity index (χ3v) is 5.77. The minimum atomic E-state index is 0. The number of hydrogen-bond acceptors (Lipinski definition) is 4. The molecular formula is C25H34IN5O2. The molecule has 0 aliphatic carbocycles. The highest BCUT2D eigenvalue weighted by molar-refractivity contribution is 14.0. The van der Waals surface area contributed by atoms with Crippen molar-refractivity contribution in [3.05, 3.63) is 65.9 Å². The smallest absolute Gasteiger partial charge is 0.191 e. The number of halogens is 1. The van der Waals surface area contributed by atoms with Crippen molar-refractivity contribution in [2.75, 3.05) is 53.0 Å². The first kappa shape index (κ1) is 25.3. The van der Waals surface area contributed by atoms with E-state index in [-0.39, 0.29) is 24.0 Å². The van der Waals surface area contributed by atoms with Crippen molar-refractivity contribution in [3.63, 3.8) is 0 Å². The highest BCUT2D eigenvalue weighted by Crippen LogP contribution is 2.18. The molecule has 0 amide bonds. The molecule has 178 valence electrons. The molecule has 0 spiro atoms. The Balaban J connectivity index is 0.00000306. The summed E-state index contributed by atoms with van der Waals surface area (Å²) < 4.78 is 11.5. The summed E-state index contributed by atoms with van der Waals surface area (Å²) in [6, 6.07) is 16.6. The van der Waals surface area contributed by atoms with Gasteiger partial charge in [-0.05, 0) is 24.1 Å². The standard InChI is InChI=1S/C25H33N5O2.HI/c1-26-25(27-11-10-20-18-28-23-8-4-3-7-22(20)23)29-19-21-6-2-5-9-24(21)32-17-14-30-12-15-31-16-13-30;/h2-9,18,28H,10-17,19H2,1H3,(H2,26,27,29);1H. The van der Waals surface area contributed by atoms with Gasteiger partial charge in [-0.2, -0.15) is 0 Å². The van der Waals surface area contributed by atoms with Crippen LogP contribution in [0, 0.1) is 0 Å². The zero-order valence-electron chi connectivity index (χ0n) is 19.2. The molecule has 0 unspecified atom stereocenters. The van der Waals surface area contributed by atoms with Crippen LogP contribution in [-0.2, 0) is 17.7 Å². The number of benzene rings is 2. The Morgan fingerprint density at radius 1 is 1.06 bits per heavy atom. The van der Waals surface area contributed by atoms with Gasteiger partial charge in [0.25, 0.3) is 0 Å². The molecule has 0 saturated carbocycles. The predicted octanol–water partition coefficient (Wildman–Crippen LogP) is 3.40. The van der Waals surface area contributed by atoms with E-state index in [1.807, 2.05) is 18.2 Å². The molecule has 2 heterocycles. The number of para-hydroxylation sites is 2. The van der Waals surface area contributed by atoms with Crippen LogP contribution >= 0.6 is 24.0 Å². The van der Waals surface area contributed by atoms with Gasteiger partial charge in [-0.25, -0.2) is 0 Å². The van der Waals surface area contributed by atoms with Gasteiger partial charge in [0, 0.05) is 62.4 Å². The summed E-state index contributed by atoms with van der Waals surface area (Å²) in [5.74, 6) is 1.70. The van der Waals surface area contributed by atoms with E-state index in [0.29, 0.717) is 13.2 Å². The minimum absolute atomic E-state index is 0. The minimum Gasteiger partial charge on any atom is -0.492 e. The molecule has 2 aromatic carbocycles. The average molecular weight is 563 g/mol. The summed E-state index contributed by atoms with van der Waals surface area (Å²) >= 11 is 0. The fraction of sp³-hybridized carbons (Fsp3) is 0.400. The first-order chi connectivity index (χ1) is 15.8. The molecule has 3 aromatic rings. The fourth-order valence-corrected chi connectivity index (χ4v) is 3.95. The second-order valence-corrected chi connectivity index (χ2v) is 7.87. The number of morpholine rings is 1. The van der Waals surface area contributed by atoms with E-state index in [9.17, 15) is 0 Å². The van der Waals surface area contributed by atoms with Crippen molar-refractivity contribution in [1.29, 1.82) is 0 Å². The van der Waals surface area contributed by atoms with E-state index in [1.54, 1.807) is 7.05 Å². The summed E-state index contributed by atoms with van der Waals surface area (Å²) in [7, 11) is 1.80. The van der Waals surface area contributed by atoms with E-state index in [4.69, 9.17) is 9.47 Å². The number of aromatic nitrogens is 1. The van der Waals surface area contributed by atoms with Gasteiger partial charge in [0.1, 0.15) is 12.4 Å². The van der Waals surface area contributed by atoms with Crippen molar-refractivity contribution in [2.45, 2.75) is 13.0 Å². The van der Waals surface area contributed by atoms with Crippen LogP contribution in [0.3, 0.4) is 0 Å². The predicted molar refractivity (Wildman–Crippen MR) is 145 cm³/mol. The van der Waals surface area contributed by atoms with Crippen LogP contribution in [0.2, 0.25) is 0 Å². The molecule has 8 heteroatoms. The summed E-state index contributed by atoms with van der Waals surface area (Å²) in [6.07, 6.45) is 3.01. The zero-order chi connectivity index (χ0) is 22.0. The lowest BCUT2D eigenvalue weighted by molar-refractivity contribution is 0.0322. The van der Waals surface area contributed by atoms with Crippen molar-refractivity contribution in [2.24, 2.45) is 4.99 Å². The number of rotatable bonds is 9. The first-order valence-electron chi connectivity index (χ1n) is 11.3. The van der Waals surface area contributed by atoms with E-state index in [0.717, 1.165) is 63.1 Å². The molecule has 33 heavy (non-hydrogen) atoms. The number of nitrogens with zero attached hydrogens (tertiary/aromatic N) is 2. The monoisotopic (exact) mass is 563 g/mol. The van der Waals surface area contributed by atoms with Gasteiger partial charge < -0.3 is 25.1 Å². The summed E-state index contributed by atoms with van der Waals surface area (Å²) in [5.41, 5.74) is 3.60. The number of hydrogen-bond donors (Lipinski definition) is 3. The Morgan fingerprint density at radius 3 is 2.70 bits per heavy atom. The number of guanidine groups is 1. The normalized spacial score (nSPS) is 14.6. The van der Waals surface area contributed by atoms with Crippen LogP contribution in [0.5, 0.6) is 5.75 Å². The van der Waals surface area contributed by atoms with Crippen LogP contribution in [-0.4, -0.2) is 68.9 Å². The van der Waals surface area contributed by atoms with Gasteiger partial charge in [0.2, 0.25) is 0 Å². The van der Waals surface area contributed by atoms with E-state index in [2.05, 4.69) is 62.0 Å². The summed E-state index contributed by atoms with van der Waals surface area (Å²) in [4.78, 5) is 10.1. The Kier molecular flexibility index (Phi) is 10.3. The van der Waals surface area contributed by atoms with E-state index < -0.39 is 0 Å². The Morgan fingerprint density at radius 2 is 1.85 bits per heavy atom. The maximum atomic E-state index is 6.09. The average Bonchev–Trinajstić information content (AvgIpc) is 3.26. The van der Waals surface area contributed by atoms with Crippen molar-refractivity contribution >= 4 is 40.8 Å². The molecule has 0 atom stereocenters. The SMILES string of the molecule is CN=C(NCCc1c[nH]c2ccccc12)NCc1ccccc1OCCN1CCOCC1.I. The summed E-state index contributed by atoms with van der Waals surface area (Å²) in [5, 5.41) is 8.10. The van der Waals surface area contributed by atoms with Crippen LogP contribution in [0.4, 0.5) is 0 Å². The number of H-pyrrole nitrogens is 1. The topological polar surface area (TPSA) is 73.9 Å². The van der Waals surface area contributed by atoms with Gasteiger partial charge in [0.15, 0.2) is 5.96 Å². The Labute approximate surface area is 213 Å². The number of nitrogens with one attached hydrogen (secondary N) is 3. The molecule has 0 radical (unpaired) electrons. The molecule has 4 rings (SSSR count). The largest absolute Gasteiger partial charge is 0.492 e. The second kappa shape index (κ2) is 13.4. The van der Waals surface area contributed by atoms with Crippen molar-refractivity contribution < 1.29 is 9.47 Å². The number of aromatic amines is 1. The molecule has 1 fully saturated rings. The van der Waals surface area contributed by atoms with Crippen LogP contribution < -0.4 is 15.4 Å². The van der Waals surface area contributed by atoms with Gasteiger partial charge in [-0.15, -0.1) is 24.0 Å². The quantitative estimate of drug-likeness (QED) is 0.212. The van der Waals surface area contributed by atoms with Crippen LogP contribution in [0.1, 0.15) is 11.1 Å². The van der Waals surface area contributed by atoms with Gasteiger partial charge in [-0.3, -0.25) is 9.89 Å². The number of ether oxygens (including phenoxy) is 2. The van der Waals surface area contributed by atoms with Crippen LogP contribution in [0.15, 0.2) is 59.7 Å². The van der Waals surface area contributed by atoms with Gasteiger partial charge in [-0.1, -0.05) is 36.4 Å². The maximum Gasteiger partial charge on any atom is 0.191 e. The Hall–Kier alpha value is -2.30. The second-order valence-electron chi connectivity index (χ2n) is 7.87. The molecule has 1 aromatic heterocycles. The number of fused-ring (bicyclic) bond motifs is 1. The lowest BCUT2D eigenvalue weighted by Gasteiger charge is -2.26. The van der Waals surface area contributed by atoms with Crippen LogP contribution in [0.25, 0.3) is 10.9 Å². The van der Waals surface area contributed by atoms with Gasteiger partial charge >= 0.3 is 0 Å². The van der Waals surface area contributed by atoms with E-state index in [1.165, 1.54) is 16.5 Å². The Bertz CT molecular complexity index is 1020. The fourth-order valence-electron chi connectivity index (χ4n) is 3.95. The third-order valence-electron chi connectivity index (χ3n) is 5.77. The van der Waals surface area contributed by atoms with E-state index >= 15 is 0 Å². The lowest BCUT2D eigenvalue weighted by atomic mass is 10.1. The highest BCUT2D eigenvalue weighted by atomic mass is 127. The zero-order valence-corrected chi connectivity index (χ0v) is 21.5. The van der Waals surface area contributed by atoms with Crippen molar-refractivity contribution in [1.82, 2.24) is 20.5 Å².